The lowest BCUT2D eigenvalue weighted by Gasteiger charge is -2.20. The molecule has 1 nitrogen and oxygen atoms in total. The number of nitrogens with one attached hydrogen (secondary N) is 1. The smallest absolute Gasteiger partial charge is 0.130 e. The van der Waals surface area contributed by atoms with E-state index in [-0.39, 0.29) is 11.6 Å². The third-order valence-electron chi connectivity index (χ3n) is 3.07. The predicted octanol–water partition coefficient (Wildman–Crippen LogP) is 4.44. The van der Waals surface area contributed by atoms with E-state index in [1.165, 1.54) is 18.2 Å². The van der Waals surface area contributed by atoms with Crippen LogP contribution in [0.3, 0.4) is 0 Å². The summed E-state index contributed by atoms with van der Waals surface area (Å²) in [6.07, 6.45) is 2.82. The van der Waals surface area contributed by atoms with Gasteiger partial charge in [-0.3, -0.25) is 0 Å². The molecule has 1 N–H and O–H groups in total. The van der Waals surface area contributed by atoms with E-state index in [0.717, 1.165) is 19.3 Å². The normalized spacial score (nSPS) is 13.0. The molecule has 3 heteroatoms. The highest BCUT2D eigenvalue weighted by molar-refractivity contribution is 5.23. The summed E-state index contributed by atoms with van der Waals surface area (Å²) in [6, 6.07) is 3.83. The van der Waals surface area contributed by atoms with Gasteiger partial charge in [-0.1, -0.05) is 39.7 Å². The summed E-state index contributed by atoms with van der Waals surface area (Å²) in [6.45, 7) is 6.98. The number of benzene rings is 1. The maximum atomic E-state index is 13.7. The van der Waals surface area contributed by atoms with Crippen molar-refractivity contribution in [1.82, 2.24) is 5.32 Å². The largest absolute Gasteiger partial charge is 0.310 e. The van der Waals surface area contributed by atoms with Crippen LogP contribution in [0, 0.1) is 17.6 Å². The molecule has 0 heterocycles. The molecule has 0 aliphatic heterocycles. The molecule has 0 amide bonds. The number of halogens is 2. The highest BCUT2D eigenvalue weighted by atomic mass is 19.1. The van der Waals surface area contributed by atoms with E-state index >= 15 is 0 Å². The number of hydrogen-bond acceptors (Lipinski definition) is 1. The standard InChI is InChI=1S/C15H23F2N/c1-4-18-14(10-5-7-11(2)3)15-12(16)8-6-9-13(15)17/h6,8-9,11,14,18H,4-5,7,10H2,1-3H3. The van der Waals surface area contributed by atoms with Crippen LogP contribution in [0.4, 0.5) is 8.78 Å². The van der Waals surface area contributed by atoms with E-state index in [0.29, 0.717) is 12.5 Å². The molecule has 1 unspecified atom stereocenters. The van der Waals surface area contributed by atoms with Crippen LogP contribution in [-0.2, 0) is 0 Å². The Hall–Kier alpha value is -0.960. The molecule has 0 spiro atoms. The van der Waals surface area contributed by atoms with Crippen molar-refractivity contribution in [3.8, 4) is 0 Å². The Morgan fingerprint density at radius 3 is 2.22 bits per heavy atom. The van der Waals surface area contributed by atoms with Gasteiger partial charge in [-0.15, -0.1) is 0 Å². The minimum Gasteiger partial charge on any atom is -0.310 e. The van der Waals surface area contributed by atoms with E-state index in [2.05, 4.69) is 19.2 Å². The SMILES string of the molecule is CCNC(CCCC(C)C)c1c(F)cccc1F. The number of hydrogen-bond donors (Lipinski definition) is 1. The van der Waals surface area contributed by atoms with Gasteiger partial charge >= 0.3 is 0 Å². The fourth-order valence-electron chi connectivity index (χ4n) is 2.17. The van der Waals surface area contributed by atoms with Crippen LogP contribution in [0.1, 0.15) is 51.6 Å². The summed E-state index contributed by atoms with van der Waals surface area (Å²) < 4.78 is 27.5. The average Bonchev–Trinajstić information content (AvgIpc) is 2.28. The minimum atomic E-state index is -0.453. The third kappa shape index (κ3) is 4.37. The van der Waals surface area contributed by atoms with Crippen molar-refractivity contribution in [2.75, 3.05) is 6.54 Å². The zero-order valence-corrected chi connectivity index (χ0v) is 11.5. The molecule has 1 atom stereocenters. The zero-order valence-electron chi connectivity index (χ0n) is 11.5. The molecule has 18 heavy (non-hydrogen) atoms. The van der Waals surface area contributed by atoms with Gasteiger partial charge in [0.15, 0.2) is 0 Å². The van der Waals surface area contributed by atoms with Crippen LogP contribution in [0.25, 0.3) is 0 Å². The molecule has 0 aromatic heterocycles. The second-order valence-electron chi connectivity index (χ2n) is 5.07. The maximum Gasteiger partial charge on any atom is 0.130 e. The first-order chi connectivity index (χ1) is 8.56. The van der Waals surface area contributed by atoms with Crippen molar-refractivity contribution in [2.45, 2.75) is 46.1 Å². The molecule has 1 aromatic carbocycles. The van der Waals surface area contributed by atoms with Gasteiger partial charge in [0, 0.05) is 11.6 Å². The Morgan fingerprint density at radius 2 is 1.72 bits per heavy atom. The first-order valence-corrected chi connectivity index (χ1v) is 6.73. The first-order valence-electron chi connectivity index (χ1n) is 6.73. The van der Waals surface area contributed by atoms with Crippen molar-refractivity contribution in [1.29, 1.82) is 0 Å². The van der Waals surface area contributed by atoms with Crippen LogP contribution in [-0.4, -0.2) is 6.54 Å². The topological polar surface area (TPSA) is 12.0 Å². The van der Waals surface area contributed by atoms with Crippen LogP contribution >= 0.6 is 0 Å². The fourth-order valence-corrected chi connectivity index (χ4v) is 2.17. The van der Waals surface area contributed by atoms with Gasteiger partial charge < -0.3 is 5.32 Å². The monoisotopic (exact) mass is 255 g/mol. The van der Waals surface area contributed by atoms with Crippen molar-refractivity contribution >= 4 is 0 Å². The summed E-state index contributed by atoms with van der Waals surface area (Å²) in [5, 5.41) is 3.17. The molecule has 0 aliphatic rings. The van der Waals surface area contributed by atoms with Gasteiger partial charge in [-0.05, 0) is 31.0 Å². The molecule has 0 aliphatic carbocycles. The summed E-state index contributed by atoms with van der Waals surface area (Å²) in [5.74, 6) is -0.284. The van der Waals surface area contributed by atoms with E-state index in [9.17, 15) is 8.78 Å². The van der Waals surface area contributed by atoms with Crippen molar-refractivity contribution < 1.29 is 8.78 Å². The Bertz CT molecular complexity index is 343. The minimum absolute atomic E-state index is 0.183. The van der Waals surface area contributed by atoms with Crippen LogP contribution in [0.15, 0.2) is 18.2 Å². The molecule has 0 bridgehead atoms. The molecule has 0 saturated heterocycles. The highest BCUT2D eigenvalue weighted by Gasteiger charge is 2.18. The molecule has 102 valence electrons. The number of rotatable bonds is 7. The molecule has 1 aromatic rings. The highest BCUT2D eigenvalue weighted by Crippen LogP contribution is 2.25. The van der Waals surface area contributed by atoms with Gasteiger partial charge in [0.2, 0.25) is 0 Å². The summed E-state index contributed by atoms with van der Waals surface area (Å²) in [4.78, 5) is 0. The summed E-state index contributed by atoms with van der Waals surface area (Å²) >= 11 is 0. The van der Waals surface area contributed by atoms with Gasteiger partial charge in [0.1, 0.15) is 11.6 Å². The molecule has 0 saturated carbocycles. The molecule has 0 fully saturated rings. The summed E-state index contributed by atoms with van der Waals surface area (Å²) in [5.41, 5.74) is 0.183. The fraction of sp³-hybridized carbons (Fsp3) is 0.600. The Morgan fingerprint density at radius 1 is 1.11 bits per heavy atom. The second-order valence-corrected chi connectivity index (χ2v) is 5.07. The van der Waals surface area contributed by atoms with E-state index < -0.39 is 11.6 Å². The van der Waals surface area contributed by atoms with E-state index in [4.69, 9.17) is 0 Å². The molecular formula is C15H23F2N. The van der Waals surface area contributed by atoms with Gasteiger partial charge in [-0.2, -0.15) is 0 Å². The summed E-state index contributed by atoms with van der Waals surface area (Å²) in [7, 11) is 0. The predicted molar refractivity (Wildman–Crippen MR) is 71.5 cm³/mol. The maximum absolute atomic E-state index is 13.7. The zero-order chi connectivity index (χ0) is 13.5. The van der Waals surface area contributed by atoms with Crippen molar-refractivity contribution in [3.05, 3.63) is 35.4 Å². The molecular weight excluding hydrogens is 232 g/mol. The van der Waals surface area contributed by atoms with Crippen LogP contribution in [0.5, 0.6) is 0 Å². The Balaban J connectivity index is 2.77. The second kappa shape index (κ2) is 7.47. The van der Waals surface area contributed by atoms with Gasteiger partial charge in [0.05, 0.1) is 0 Å². The Labute approximate surface area is 109 Å². The Kier molecular flexibility index (Phi) is 6.27. The quantitative estimate of drug-likeness (QED) is 0.759. The van der Waals surface area contributed by atoms with Crippen molar-refractivity contribution in [2.24, 2.45) is 5.92 Å². The van der Waals surface area contributed by atoms with E-state index in [1.54, 1.807) is 0 Å². The average molecular weight is 255 g/mol. The third-order valence-corrected chi connectivity index (χ3v) is 3.07. The first kappa shape index (κ1) is 15.1. The molecule has 1 rings (SSSR count). The van der Waals surface area contributed by atoms with Crippen LogP contribution in [0.2, 0.25) is 0 Å². The lowest BCUT2D eigenvalue weighted by atomic mass is 9.97. The lowest BCUT2D eigenvalue weighted by molar-refractivity contribution is 0.423. The van der Waals surface area contributed by atoms with Crippen molar-refractivity contribution in [3.63, 3.8) is 0 Å². The lowest BCUT2D eigenvalue weighted by Crippen LogP contribution is -2.23. The molecule has 0 radical (unpaired) electrons. The van der Waals surface area contributed by atoms with E-state index in [1.807, 2.05) is 6.92 Å². The van der Waals surface area contributed by atoms with Crippen LogP contribution < -0.4 is 5.32 Å². The van der Waals surface area contributed by atoms with Gasteiger partial charge in [0.25, 0.3) is 0 Å². The van der Waals surface area contributed by atoms with Gasteiger partial charge in [-0.25, -0.2) is 8.78 Å².